The third-order valence-corrected chi connectivity index (χ3v) is 4.14. The van der Waals surface area contributed by atoms with E-state index in [-0.39, 0.29) is 35.4 Å². The molecule has 0 fully saturated rings. The maximum Gasteiger partial charge on any atom is 0.270 e. The molecule has 26 heavy (non-hydrogen) atoms. The second-order valence-corrected chi connectivity index (χ2v) is 6.06. The molecule has 0 bridgehead atoms. The molecule has 2 N–H and O–H groups in total. The number of nitrogens with zero attached hydrogens (tertiary/aromatic N) is 2. The van der Waals surface area contributed by atoms with E-state index in [1.165, 1.54) is 18.2 Å². The Labute approximate surface area is 163 Å². The molecule has 0 saturated heterocycles. The average Bonchev–Trinajstić information content (AvgIpc) is 2.60. The number of nitrogens with two attached hydrogens (primary N) is 1. The standard InChI is InChI=1S/C18H20ClN3O3.ClH/c19-17-12-16(22(24)25)8-7-15(17)11-18(23)21(10-4-9-20)13-14-5-2-1-3-6-14;/h1-3,5-8,12H,4,9-11,13,20H2;1H. The Morgan fingerprint density at radius 3 is 2.46 bits per heavy atom. The molecule has 0 aliphatic carbocycles. The zero-order valence-corrected chi connectivity index (χ0v) is 15.7. The number of amides is 1. The summed E-state index contributed by atoms with van der Waals surface area (Å²) in [4.78, 5) is 24.7. The van der Waals surface area contributed by atoms with E-state index in [0.717, 1.165) is 5.56 Å². The highest BCUT2D eigenvalue weighted by atomic mass is 35.5. The number of nitro groups is 1. The van der Waals surface area contributed by atoms with Gasteiger partial charge < -0.3 is 10.6 Å². The molecule has 0 saturated carbocycles. The number of hydrogen-bond acceptors (Lipinski definition) is 4. The Bertz CT molecular complexity index is 742. The molecule has 0 aliphatic heterocycles. The SMILES string of the molecule is Cl.NCCCN(Cc1ccccc1)C(=O)Cc1ccc([N+](=O)[O-])cc1Cl. The smallest absolute Gasteiger partial charge is 0.270 e. The number of rotatable bonds is 8. The average molecular weight is 398 g/mol. The van der Waals surface area contributed by atoms with Gasteiger partial charge in [-0.05, 0) is 24.1 Å². The van der Waals surface area contributed by atoms with E-state index in [4.69, 9.17) is 17.3 Å². The molecule has 0 atom stereocenters. The molecule has 6 nitrogen and oxygen atoms in total. The summed E-state index contributed by atoms with van der Waals surface area (Å²) in [5, 5.41) is 11.0. The lowest BCUT2D eigenvalue weighted by molar-refractivity contribution is -0.384. The van der Waals surface area contributed by atoms with E-state index < -0.39 is 4.92 Å². The second-order valence-electron chi connectivity index (χ2n) is 5.65. The maximum atomic E-state index is 12.7. The largest absolute Gasteiger partial charge is 0.338 e. The number of non-ortho nitro benzene ring substituents is 1. The molecule has 0 aliphatic rings. The van der Waals surface area contributed by atoms with Crippen LogP contribution in [0.15, 0.2) is 48.5 Å². The molecule has 2 rings (SSSR count). The van der Waals surface area contributed by atoms with Crippen LogP contribution in [0.3, 0.4) is 0 Å². The third kappa shape index (κ3) is 6.29. The van der Waals surface area contributed by atoms with E-state index in [1.807, 2.05) is 30.3 Å². The molecule has 0 unspecified atom stereocenters. The van der Waals surface area contributed by atoms with Crippen molar-refractivity contribution < 1.29 is 9.72 Å². The topological polar surface area (TPSA) is 89.5 Å². The van der Waals surface area contributed by atoms with Crippen LogP contribution in [0.5, 0.6) is 0 Å². The first-order valence-electron chi connectivity index (χ1n) is 7.96. The van der Waals surface area contributed by atoms with Crippen molar-refractivity contribution in [3.8, 4) is 0 Å². The molecule has 0 aromatic heterocycles. The Kier molecular flexibility index (Phi) is 9.05. The Morgan fingerprint density at radius 1 is 1.19 bits per heavy atom. The zero-order valence-electron chi connectivity index (χ0n) is 14.1. The Balaban J connectivity index is 0.00000338. The van der Waals surface area contributed by atoms with Crippen LogP contribution in [-0.4, -0.2) is 28.8 Å². The fourth-order valence-corrected chi connectivity index (χ4v) is 2.69. The van der Waals surface area contributed by atoms with Gasteiger partial charge in [0.1, 0.15) is 0 Å². The minimum absolute atomic E-state index is 0. The summed E-state index contributed by atoms with van der Waals surface area (Å²) < 4.78 is 0. The summed E-state index contributed by atoms with van der Waals surface area (Å²) in [5.41, 5.74) is 7.08. The number of benzene rings is 2. The van der Waals surface area contributed by atoms with Gasteiger partial charge in [-0.3, -0.25) is 14.9 Å². The minimum atomic E-state index is -0.513. The van der Waals surface area contributed by atoms with Crippen molar-refractivity contribution in [3.63, 3.8) is 0 Å². The number of carbonyl (C=O) groups is 1. The summed E-state index contributed by atoms with van der Waals surface area (Å²) in [6.45, 7) is 1.54. The van der Waals surface area contributed by atoms with E-state index in [0.29, 0.717) is 31.6 Å². The predicted octanol–water partition coefficient (Wildman–Crippen LogP) is 3.59. The van der Waals surface area contributed by atoms with Crippen LogP contribution < -0.4 is 5.73 Å². The van der Waals surface area contributed by atoms with E-state index in [9.17, 15) is 14.9 Å². The molecule has 1 amide bonds. The normalized spacial score (nSPS) is 10.1. The van der Waals surface area contributed by atoms with Crippen LogP contribution in [0, 0.1) is 10.1 Å². The Morgan fingerprint density at radius 2 is 1.88 bits per heavy atom. The zero-order chi connectivity index (χ0) is 18.2. The van der Waals surface area contributed by atoms with Gasteiger partial charge in [-0.25, -0.2) is 0 Å². The molecule has 140 valence electrons. The van der Waals surface area contributed by atoms with Crippen molar-refractivity contribution in [2.24, 2.45) is 5.73 Å². The van der Waals surface area contributed by atoms with Crippen LogP contribution in [0.2, 0.25) is 5.02 Å². The highest BCUT2D eigenvalue weighted by Crippen LogP contribution is 2.23. The summed E-state index contributed by atoms with van der Waals surface area (Å²) in [6.07, 6.45) is 0.792. The highest BCUT2D eigenvalue weighted by Gasteiger charge is 2.17. The number of nitro benzene ring substituents is 1. The van der Waals surface area contributed by atoms with E-state index in [2.05, 4.69) is 0 Å². The number of hydrogen-bond donors (Lipinski definition) is 1. The molecule has 8 heteroatoms. The minimum Gasteiger partial charge on any atom is -0.338 e. The highest BCUT2D eigenvalue weighted by molar-refractivity contribution is 6.31. The molecule has 0 spiro atoms. The van der Waals surface area contributed by atoms with Crippen LogP contribution in [0.4, 0.5) is 5.69 Å². The van der Waals surface area contributed by atoms with Gasteiger partial charge in [0.05, 0.1) is 16.4 Å². The van der Waals surface area contributed by atoms with Gasteiger partial charge in [-0.15, -0.1) is 12.4 Å². The summed E-state index contributed by atoms with van der Waals surface area (Å²) in [7, 11) is 0. The quantitative estimate of drug-likeness (QED) is 0.544. The first-order valence-corrected chi connectivity index (χ1v) is 8.33. The first-order chi connectivity index (χ1) is 12.0. The third-order valence-electron chi connectivity index (χ3n) is 3.79. The van der Waals surface area contributed by atoms with Crippen LogP contribution in [0.1, 0.15) is 17.5 Å². The molecular formula is C18H21Cl2N3O3. The van der Waals surface area contributed by atoms with E-state index in [1.54, 1.807) is 4.90 Å². The van der Waals surface area contributed by atoms with Crippen LogP contribution >= 0.6 is 24.0 Å². The second kappa shape index (κ2) is 10.8. The number of carbonyl (C=O) groups excluding carboxylic acids is 1. The summed E-state index contributed by atoms with van der Waals surface area (Å²) >= 11 is 6.09. The number of halogens is 2. The van der Waals surface area contributed by atoms with Crippen LogP contribution in [0.25, 0.3) is 0 Å². The van der Waals surface area contributed by atoms with Gasteiger partial charge in [-0.2, -0.15) is 0 Å². The summed E-state index contributed by atoms with van der Waals surface area (Å²) in [6, 6.07) is 13.8. The van der Waals surface area contributed by atoms with Gasteiger partial charge in [0.25, 0.3) is 5.69 Å². The maximum absolute atomic E-state index is 12.7. The fraction of sp³-hybridized carbons (Fsp3) is 0.278. The van der Waals surface area contributed by atoms with E-state index >= 15 is 0 Å². The van der Waals surface area contributed by atoms with Gasteiger partial charge in [-0.1, -0.05) is 48.0 Å². The van der Waals surface area contributed by atoms with Gasteiger partial charge in [0, 0.05) is 25.2 Å². The Hall–Kier alpha value is -2.15. The lowest BCUT2D eigenvalue weighted by atomic mass is 10.1. The monoisotopic (exact) mass is 397 g/mol. The lowest BCUT2D eigenvalue weighted by Crippen LogP contribution is -2.33. The molecule has 2 aromatic rings. The van der Waals surface area contributed by atoms with Gasteiger partial charge in [0.15, 0.2) is 0 Å². The fourth-order valence-electron chi connectivity index (χ4n) is 2.45. The van der Waals surface area contributed by atoms with Crippen LogP contribution in [-0.2, 0) is 17.8 Å². The summed E-state index contributed by atoms with van der Waals surface area (Å²) in [5.74, 6) is -0.0898. The molecular weight excluding hydrogens is 377 g/mol. The lowest BCUT2D eigenvalue weighted by Gasteiger charge is -2.23. The van der Waals surface area contributed by atoms with Crippen molar-refractivity contribution >= 4 is 35.6 Å². The molecule has 2 aromatic carbocycles. The van der Waals surface area contributed by atoms with Crippen molar-refractivity contribution in [3.05, 3.63) is 74.8 Å². The van der Waals surface area contributed by atoms with Gasteiger partial charge >= 0.3 is 0 Å². The van der Waals surface area contributed by atoms with Crippen molar-refractivity contribution in [1.82, 2.24) is 4.90 Å². The van der Waals surface area contributed by atoms with Crippen molar-refractivity contribution in [1.29, 1.82) is 0 Å². The predicted molar refractivity (Wildman–Crippen MR) is 105 cm³/mol. The molecule has 0 radical (unpaired) electrons. The van der Waals surface area contributed by atoms with Crippen molar-refractivity contribution in [2.75, 3.05) is 13.1 Å². The molecule has 0 heterocycles. The van der Waals surface area contributed by atoms with Gasteiger partial charge in [0.2, 0.25) is 5.91 Å². The first kappa shape index (κ1) is 21.9. The van der Waals surface area contributed by atoms with Crippen molar-refractivity contribution in [2.45, 2.75) is 19.4 Å².